The third-order valence-corrected chi connectivity index (χ3v) is 3.50. The molecule has 1 N–H and O–H groups in total. The fourth-order valence-electron chi connectivity index (χ4n) is 0.988. The molecule has 0 radical (unpaired) electrons. The first kappa shape index (κ1) is 8.35. The molecule has 0 unspecified atom stereocenters. The lowest BCUT2D eigenvalue weighted by molar-refractivity contribution is 1.34. The van der Waals surface area contributed by atoms with Crippen molar-refractivity contribution in [3.8, 4) is 0 Å². The average Bonchev–Trinajstić information content (AvgIpc) is 2.48. The summed E-state index contributed by atoms with van der Waals surface area (Å²) in [6.45, 7) is 0. The number of rotatable bonds is 0. The monoisotopic (exact) mass is 264 g/mol. The van der Waals surface area contributed by atoms with Crippen molar-refractivity contribution in [3.63, 3.8) is 0 Å². The van der Waals surface area contributed by atoms with Gasteiger partial charge in [-0.1, -0.05) is 23.2 Å². The van der Waals surface area contributed by atoms with E-state index in [4.69, 9.17) is 23.2 Å². The Kier molecular flexibility index (Phi) is 2.02. The second-order valence-electron chi connectivity index (χ2n) is 2.29. The van der Waals surface area contributed by atoms with Crippen LogP contribution in [0.2, 0.25) is 10.0 Å². The van der Waals surface area contributed by atoms with Crippen LogP contribution in [0.5, 0.6) is 0 Å². The normalized spacial score (nSPS) is 10.9. The molecule has 1 heterocycles. The first-order chi connectivity index (χ1) is 5.70. The quantitative estimate of drug-likeness (QED) is 0.724. The standard InChI is InChI=1S/C7H3BrCl2N2/c8-5-3(9)1-4-7(6(5)10)12-2-11-4/h1-2H,(H,11,12). The zero-order chi connectivity index (χ0) is 8.72. The number of imidazole rings is 1. The highest BCUT2D eigenvalue weighted by Crippen LogP contribution is 2.35. The van der Waals surface area contributed by atoms with Crippen molar-refractivity contribution in [2.24, 2.45) is 0 Å². The van der Waals surface area contributed by atoms with Crippen LogP contribution in [0.4, 0.5) is 0 Å². The van der Waals surface area contributed by atoms with E-state index in [0.29, 0.717) is 14.5 Å². The highest BCUT2D eigenvalue weighted by atomic mass is 79.9. The zero-order valence-electron chi connectivity index (χ0n) is 5.74. The largest absolute Gasteiger partial charge is 0.345 e. The van der Waals surface area contributed by atoms with E-state index in [2.05, 4.69) is 25.9 Å². The third kappa shape index (κ3) is 1.13. The van der Waals surface area contributed by atoms with Gasteiger partial charge in [0.15, 0.2) is 0 Å². The molecule has 0 spiro atoms. The van der Waals surface area contributed by atoms with Crippen molar-refractivity contribution >= 4 is 50.2 Å². The van der Waals surface area contributed by atoms with Crippen LogP contribution in [0.1, 0.15) is 0 Å². The molecule has 2 nitrogen and oxygen atoms in total. The topological polar surface area (TPSA) is 28.7 Å². The maximum atomic E-state index is 5.96. The van der Waals surface area contributed by atoms with Gasteiger partial charge in [-0.3, -0.25) is 0 Å². The molecule has 62 valence electrons. The highest BCUT2D eigenvalue weighted by Gasteiger charge is 2.09. The predicted octanol–water partition coefficient (Wildman–Crippen LogP) is 3.63. The number of hydrogen-bond acceptors (Lipinski definition) is 1. The molecule has 2 aromatic rings. The van der Waals surface area contributed by atoms with Gasteiger partial charge in [-0.25, -0.2) is 4.98 Å². The number of aromatic nitrogens is 2. The zero-order valence-corrected chi connectivity index (χ0v) is 8.83. The van der Waals surface area contributed by atoms with Gasteiger partial charge in [0.2, 0.25) is 0 Å². The van der Waals surface area contributed by atoms with E-state index in [1.807, 2.05) is 0 Å². The number of nitrogens with one attached hydrogen (secondary N) is 1. The molecular weight excluding hydrogens is 263 g/mol. The van der Waals surface area contributed by atoms with Gasteiger partial charge in [0.25, 0.3) is 0 Å². The van der Waals surface area contributed by atoms with E-state index in [-0.39, 0.29) is 0 Å². The van der Waals surface area contributed by atoms with Crippen LogP contribution >= 0.6 is 39.1 Å². The number of fused-ring (bicyclic) bond motifs is 1. The molecule has 0 aliphatic rings. The van der Waals surface area contributed by atoms with Crippen LogP contribution < -0.4 is 0 Å². The van der Waals surface area contributed by atoms with Gasteiger partial charge >= 0.3 is 0 Å². The predicted molar refractivity (Wildman–Crippen MR) is 53.8 cm³/mol. The fraction of sp³-hybridized carbons (Fsp3) is 0. The van der Waals surface area contributed by atoms with Crippen LogP contribution in [-0.2, 0) is 0 Å². The average molecular weight is 266 g/mol. The fourth-order valence-corrected chi connectivity index (χ4v) is 1.79. The Balaban J connectivity index is 2.94. The molecule has 0 saturated carbocycles. The number of H-pyrrole nitrogens is 1. The van der Waals surface area contributed by atoms with Crippen molar-refractivity contribution in [1.82, 2.24) is 9.97 Å². The van der Waals surface area contributed by atoms with Crippen molar-refractivity contribution in [2.75, 3.05) is 0 Å². The molecule has 5 heteroatoms. The van der Waals surface area contributed by atoms with Gasteiger partial charge < -0.3 is 4.98 Å². The first-order valence-electron chi connectivity index (χ1n) is 3.16. The minimum atomic E-state index is 0.541. The lowest BCUT2D eigenvalue weighted by Crippen LogP contribution is -1.76. The Hall–Kier alpha value is -0.250. The summed E-state index contributed by atoms with van der Waals surface area (Å²) in [5, 5.41) is 1.12. The molecule has 1 aromatic heterocycles. The minimum absolute atomic E-state index is 0.541. The number of halogens is 3. The summed E-state index contributed by atoms with van der Waals surface area (Å²) >= 11 is 15.1. The van der Waals surface area contributed by atoms with E-state index in [1.54, 1.807) is 12.4 Å². The number of nitrogens with zero attached hydrogens (tertiary/aromatic N) is 1. The Morgan fingerprint density at radius 3 is 2.92 bits per heavy atom. The molecule has 0 aliphatic heterocycles. The van der Waals surface area contributed by atoms with Crippen LogP contribution in [0.25, 0.3) is 11.0 Å². The van der Waals surface area contributed by atoms with Gasteiger partial charge in [-0.05, 0) is 22.0 Å². The van der Waals surface area contributed by atoms with Crippen molar-refractivity contribution in [2.45, 2.75) is 0 Å². The molecule has 0 fully saturated rings. The minimum Gasteiger partial charge on any atom is -0.345 e. The molecular formula is C7H3BrCl2N2. The summed E-state index contributed by atoms with van der Waals surface area (Å²) in [5.74, 6) is 0. The maximum absolute atomic E-state index is 5.96. The van der Waals surface area contributed by atoms with Crippen LogP contribution in [0.15, 0.2) is 16.9 Å². The summed E-state index contributed by atoms with van der Waals surface area (Å²) in [6.07, 6.45) is 1.58. The molecule has 2 rings (SSSR count). The highest BCUT2D eigenvalue weighted by molar-refractivity contribution is 9.10. The summed E-state index contributed by atoms with van der Waals surface area (Å²) < 4.78 is 0.686. The summed E-state index contributed by atoms with van der Waals surface area (Å²) in [6, 6.07) is 1.78. The van der Waals surface area contributed by atoms with E-state index in [0.717, 1.165) is 11.0 Å². The lowest BCUT2D eigenvalue weighted by atomic mass is 10.3. The summed E-state index contributed by atoms with van der Waals surface area (Å²) in [7, 11) is 0. The first-order valence-corrected chi connectivity index (χ1v) is 4.71. The van der Waals surface area contributed by atoms with Crippen molar-refractivity contribution in [3.05, 3.63) is 26.9 Å². The number of benzene rings is 1. The molecule has 0 bridgehead atoms. The Bertz CT molecular complexity index is 438. The Labute approximate surface area is 87.0 Å². The van der Waals surface area contributed by atoms with Crippen molar-refractivity contribution < 1.29 is 0 Å². The third-order valence-electron chi connectivity index (χ3n) is 1.55. The van der Waals surface area contributed by atoms with Gasteiger partial charge in [-0.15, -0.1) is 0 Å². The smallest absolute Gasteiger partial charge is 0.108 e. The van der Waals surface area contributed by atoms with Crippen LogP contribution in [0.3, 0.4) is 0 Å². The second kappa shape index (κ2) is 2.91. The van der Waals surface area contributed by atoms with E-state index in [9.17, 15) is 0 Å². The molecule has 0 atom stereocenters. The van der Waals surface area contributed by atoms with E-state index in [1.165, 1.54) is 0 Å². The summed E-state index contributed by atoms with van der Waals surface area (Å²) in [4.78, 5) is 6.97. The van der Waals surface area contributed by atoms with Gasteiger partial charge in [0.05, 0.1) is 26.4 Å². The van der Waals surface area contributed by atoms with Gasteiger partial charge in [0, 0.05) is 0 Å². The number of aromatic amines is 1. The van der Waals surface area contributed by atoms with Crippen molar-refractivity contribution in [1.29, 1.82) is 0 Å². The molecule has 0 aliphatic carbocycles. The molecule has 1 aromatic carbocycles. The van der Waals surface area contributed by atoms with Gasteiger partial charge in [0.1, 0.15) is 5.52 Å². The van der Waals surface area contributed by atoms with E-state index >= 15 is 0 Å². The van der Waals surface area contributed by atoms with Crippen LogP contribution in [-0.4, -0.2) is 9.97 Å². The maximum Gasteiger partial charge on any atom is 0.108 e. The Morgan fingerprint density at radius 2 is 2.17 bits per heavy atom. The molecule has 0 amide bonds. The molecule has 12 heavy (non-hydrogen) atoms. The lowest BCUT2D eigenvalue weighted by Gasteiger charge is -1.98. The van der Waals surface area contributed by atoms with Gasteiger partial charge in [-0.2, -0.15) is 0 Å². The Morgan fingerprint density at radius 1 is 1.42 bits per heavy atom. The van der Waals surface area contributed by atoms with Crippen LogP contribution in [0, 0.1) is 0 Å². The SMILES string of the molecule is Clc1cc2[nH]cnc2c(Cl)c1Br. The summed E-state index contributed by atoms with van der Waals surface area (Å²) in [5.41, 5.74) is 1.57. The number of hydrogen-bond donors (Lipinski definition) is 1. The van der Waals surface area contributed by atoms with E-state index < -0.39 is 0 Å². The molecule has 0 saturated heterocycles. The second-order valence-corrected chi connectivity index (χ2v) is 3.86.